The highest BCUT2D eigenvalue weighted by Gasteiger charge is 2.01. The van der Waals surface area contributed by atoms with E-state index in [1.165, 1.54) is 0 Å². The minimum Gasteiger partial charge on any atom is -0.480 e. The Morgan fingerprint density at radius 2 is 2.33 bits per heavy atom. The topological polar surface area (TPSA) is 114 Å². The summed E-state index contributed by atoms with van der Waals surface area (Å²) in [5.41, 5.74) is 10.2. The Morgan fingerprint density at radius 3 is 2.75 bits per heavy atom. The molecule has 0 fully saturated rings. The van der Waals surface area contributed by atoms with E-state index in [9.17, 15) is 4.79 Å². The van der Waals surface area contributed by atoms with Gasteiger partial charge in [-0.3, -0.25) is 9.52 Å². The number of aliphatic imine (C=N–C) groups is 1. The third kappa shape index (κ3) is 7.16. The second-order valence-electron chi connectivity index (χ2n) is 1.99. The van der Waals surface area contributed by atoms with Crippen LogP contribution in [0.15, 0.2) is 4.99 Å². The van der Waals surface area contributed by atoms with Gasteiger partial charge < -0.3 is 16.6 Å². The van der Waals surface area contributed by atoms with Gasteiger partial charge in [0.1, 0.15) is 11.9 Å². The van der Waals surface area contributed by atoms with E-state index in [-0.39, 0.29) is 17.9 Å². The van der Waals surface area contributed by atoms with Gasteiger partial charge in [0.15, 0.2) is 5.96 Å². The van der Waals surface area contributed by atoms with E-state index in [4.69, 9.17) is 16.6 Å². The van der Waals surface area contributed by atoms with Gasteiger partial charge in [-0.15, -0.1) is 0 Å². The highest BCUT2D eigenvalue weighted by atomic mass is 32.2. The van der Waals surface area contributed by atoms with Crippen molar-refractivity contribution in [2.24, 2.45) is 16.5 Å². The molecule has 7 heteroatoms. The predicted octanol–water partition coefficient (Wildman–Crippen LogP) is -1.07. The molecule has 70 valence electrons. The van der Waals surface area contributed by atoms with Crippen molar-refractivity contribution in [2.45, 2.75) is 12.3 Å². The van der Waals surface area contributed by atoms with Crippen LogP contribution in [0.25, 0.3) is 0 Å². The van der Waals surface area contributed by atoms with Crippen molar-refractivity contribution in [3.8, 4) is 0 Å². The molecule has 0 aliphatic rings. The first-order valence-electron chi connectivity index (χ1n) is 3.21. The SMILES string of the molecule is CC(N=C(N)N)SNCC(=O)O. The molecule has 0 saturated heterocycles. The maximum Gasteiger partial charge on any atom is 0.318 e. The number of aliphatic carboxylic acids is 1. The summed E-state index contributed by atoms with van der Waals surface area (Å²) in [6.45, 7) is 1.63. The summed E-state index contributed by atoms with van der Waals surface area (Å²) in [6.07, 6.45) is 0. The summed E-state index contributed by atoms with van der Waals surface area (Å²) in [4.78, 5) is 13.8. The van der Waals surface area contributed by atoms with Gasteiger partial charge >= 0.3 is 5.97 Å². The fraction of sp³-hybridized carbons (Fsp3) is 0.600. The molecule has 0 spiro atoms. The van der Waals surface area contributed by atoms with Crippen molar-refractivity contribution < 1.29 is 9.90 Å². The van der Waals surface area contributed by atoms with E-state index in [0.717, 1.165) is 11.9 Å². The zero-order valence-corrected chi connectivity index (χ0v) is 7.47. The predicted molar refractivity (Wildman–Crippen MR) is 48.5 cm³/mol. The highest BCUT2D eigenvalue weighted by molar-refractivity contribution is 7.98. The third-order valence-corrected chi connectivity index (χ3v) is 1.57. The summed E-state index contributed by atoms with van der Waals surface area (Å²) in [5, 5.41) is 8.06. The number of hydrogen-bond acceptors (Lipinski definition) is 4. The number of nitrogens with two attached hydrogens (primary N) is 2. The second kappa shape index (κ2) is 5.67. The standard InChI is InChI=1S/C5H12N4O2S/c1-3(9-5(6)7)12-8-2-4(10)11/h3,8H,2H2,1H3,(H,10,11)(H4,6,7,9). The zero-order valence-electron chi connectivity index (χ0n) is 6.65. The number of carbonyl (C=O) groups is 1. The van der Waals surface area contributed by atoms with Crippen LogP contribution < -0.4 is 16.2 Å². The second-order valence-corrected chi connectivity index (χ2v) is 3.19. The Morgan fingerprint density at radius 1 is 1.75 bits per heavy atom. The average molecular weight is 192 g/mol. The van der Waals surface area contributed by atoms with E-state index >= 15 is 0 Å². The summed E-state index contributed by atoms with van der Waals surface area (Å²) in [5.74, 6) is -0.925. The van der Waals surface area contributed by atoms with Crippen LogP contribution >= 0.6 is 11.9 Å². The fourth-order valence-corrected chi connectivity index (χ4v) is 1.08. The summed E-state index contributed by atoms with van der Waals surface area (Å²) in [6, 6.07) is 0. The average Bonchev–Trinajstić information content (AvgIpc) is 1.84. The van der Waals surface area contributed by atoms with Crippen LogP contribution in [0.5, 0.6) is 0 Å². The van der Waals surface area contributed by atoms with E-state index in [1.54, 1.807) is 6.92 Å². The molecule has 0 radical (unpaired) electrons. The highest BCUT2D eigenvalue weighted by Crippen LogP contribution is 2.05. The molecule has 0 aromatic heterocycles. The lowest BCUT2D eigenvalue weighted by Crippen LogP contribution is -2.25. The molecule has 0 bridgehead atoms. The summed E-state index contributed by atoms with van der Waals surface area (Å²) in [7, 11) is 0. The molecule has 1 unspecified atom stereocenters. The number of rotatable bonds is 5. The van der Waals surface area contributed by atoms with Crippen molar-refractivity contribution in [3.63, 3.8) is 0 Å². The molecule has 0 aromatic rings. The first-order chi connectivity index (χ1) is 5.52. The van der Waals surface area contributed by atoms with Crippen LogP contribution in [-0.2, 0) is 4.79 Å². The number of nitrogens with zero attached hydrogens (tertiary/aromatic N) is 1. The fourth-order valence-electron chi connectivity index (χ4n) is 0.460. The molecule has 6 N–H and O–H groups in total. The van der Waals surface area contributed by atoms with E-state index in [1.807, 2.05) is 0 Å². The molecule has 6 nitrogen and oxygen atoms in total. The van der Waals surface area contributed by atoms with Gasteiger partial charge in [-0.05, 0) is 6.92 Å². The van der Waals surface area contributed by atoms with Crippen LogP contribution in [0.2, 0.25) is 0 Å². The molecule has 0 saturated carbocycles. The molecule has 0 aromatic carbocycles. The Kier molecular flexibility index (Phi) is 5.22. The smallest absolute Gasteiger partial charge is 0.318 e. The van der Waals surface area contributed by atoms with Gasteiger partial charge in [0, 0.05) is 0 Å². The van der Waals surface area contributed by atoms with Crippen LogP contribution in [0.4, 0.5) is 0 Å². The van der Waals surface area contributed by atoms with Crippen LogP contribution in [0.3, 0.4) is 0 Å². The molecule has 0 rings (SSSR count). The molecular formula is C5H12N4O2S. The molecule has 0 amide bonds. The Hall–Kier alpha value is -0.950. The van der Waals surface area contributed by atoms with Gasteiger partial charge in [-0.25, -0.2) is 4.99 Å². The quantitative estimate of drug-likeness (QED) is 0.250. The number of carboxylic acid groups (broad SMARTS) is 1. The maximum absolute atomic E-state index is 10.0. The minimum atomic E-state index is -0.917. The number of guanidine groups is 1. The van der Waals surface area contributed by atoms with Crippen LogP contribution in [-0.4, -0.2) is 29.0 Å². The molecule has 0 aliphatic heterocycles. The maximum atomic E-state index is 10.0. The molecule has 0 aliphatic carbocycles. The molecular weight excluding hydrogens is 180 g/mol. The van der Waals surface area contributed by atoms with E-state index in [0.29, 0.717) is 0 Å². The van der Waals surface area contributed by atoms with Gasteiger partial charge in [0.25, 0.3) is 0 Å². The van der Waals surface area contributed by atoms with Crippen molar-refractivity contribution in [1.29, 1.82) is 0 Å². The lowest BCUT2D eigenvalue weighted by Gasteiger charge is -2.05. The Balaban J connectivity index is 3.51. The third-order valence-electron chi connectivity index (χ3n) is 0.808. The van der Waals surface area contributed by atoms with E-state index < -0.39 is 5.97 Å². The van der Waals surface area contributed by atoms with Crippen LogP contribution in [0.1, 0.15) is 6.92 Å². The van der Waals surface area contributed by atoms with Gasteiger partial charge in [0.2, 0.25) is 0 Å². The normalized spacial score (nSPS) is 12.1. The molecule has 1 atom stereocenters. The summed E-state index contributed by atoms with van der Waals surface area (Å²) >= 11 is 1.15. The van der Waals surface area contributed by atoms with Crippen molar-refractivity contribution in [1.82, 2.24) is 4.72 Å². The zero-order chi connectivity index (χ0) is 9.56. The Labute approximate surface area is 74.5 Å². The van der Waals surface area contributed by atoms with E-state index in [2.05, 4.69) is 9.71 Å². The number of nitrogens with one attached hydrogen (secondary N) is 1. The molecule has 0 heterocycles. The van der Waals surface area contributed by atoms with Gasteiger partial charge in [0.05, 0.1) is 0 Å². The van der Waals surface area contributed by atoms with Crippen molar-refractivity contribution >= 4 is 23.9 Å². The summed E-state index contributed by atoms with van der Waals surface area (Å²) < 4.78 is 2.59. The monoisotopic (exact) mass is 192 g/mol. The minimum absolute atomic E-state index is 0.00729. The lowest BCUT2D eigenvalue weighted by atomic mass is 10.7. The van der Waals surface area contributed by atoms with Crippen LogP contribution in [0, 0.1) is 0 Å². The van der Waals surface area contributed by atoms with Crippen molar-refractivity contribution in [2.75, 3.05) is 6.54 Å². The molecule has 12 heavy (non-hydrogen) atoms. The number of hydrogen-bond donors (Lipinski definition) is 4. The van der Waals surface area contributed by atoms with Gasteiger partial charge in [-0.1, -0.05) is 11.9 Å². The first kappa shape index (κ1) is 11.1. The van der Waals surface area contributed by atoms with Crippen molar-refractivity contribution in [3.05, 3.63) is 0 Å². The van der Waals surface area contributed by atoms with Gasteiger partial charge in [-0.2, -0.15) is 0 Å². The number of carboxylic acids is 1. The Bertz CT molecular complexity index is 180. The lowest BCUT2D eigenvalue weighted by molar-refractivity contribution is -0.135. The largest absolute Gasteiger partial charge is 0.480 e. The first-order valence-corrected chi connectivity index (χ1v) is 4.09.